The maximum Gasteiger partial charge on any atom is 0.420 e. The van der Waals surface area contributed by atoms with Crippen molar-refractivity contribution < 1.29 is 33.4 Å². The van der Waals surface area contributed by atoms with E-state index < -0.39 is 41.1 Å². The van der Waals surface area contributed by atoms with Gasteiger partial charge >= 0.3 is 12.2 Å². The number of benzene rings is 1. The predicted octanol–water partition coefficient (Wildman–Crippen LogP) is 4.29. The third-order valence-electron chi connectivity index (χ3n) is 7.88. The molecule has 49 heavy (non-hydrogen) atoms. The quantitative estimate of drug-likeness (QED) is 0.236. The van der Waals surface area contributed by atoms with Gasteiger partial charge in [0.25, 0.3) is 5.56 Å². The van der Waals surface area contributed by atoms with E-state index in [0.717, 1.165) is 18.4 Å². The molecule has 1 fully saturated rings. The van der Waals surface area contributed by atoms with E-state index in [9.17, 15) is 24.0 Å². The lowest BCUT2D eigenvalue weighted by Gasteiger charge is -2.20. The molecule has 1 saturated heterocycles. The molecule has 0 saturated carbocycles. The zero-order valence-corrected chi connectivity index (χ0v) is 28.9. The lowest BCUT2D eigenvalue weighted by Crippen LogP contribution is -2.43. The summed E-state index contributed by atoms with van der Waals surface area (Å²) in [6.45, 7) is 10.7. The van der Waals surface area contributed by atoms with Crippen molar-refractivity contribution in [3.63, 3.8) is 0 Å². The molecule has 1 unspecified atom stereocenters. The van der Waals surface area contributed by atoms with E-state index in [2.05, 4.69) is 19.2 Å². The average Bonchev–Trinajstić information content (AvgIpc) is 3.67. The van der Waals surface area contributed by atoms with Crippen LogP contribution >= 0.6 is 0 Å². The Hall–Kier alpha value is -4.78. The molecule has 1 aromatic carbocycles. The van der Waals surface area contributed by atoms with Crippen LogP contribution in [0.1, 0.15) is 70.8 Å². The largest absolute Gasteiger partial charge is 0.449 e. The van der Waals surface area contributed by atoms with Gasteiger partial charge in [0, 0.05) is 30.7 Å². The van der Waals surface area contributed by atoms with Gasteiger partial charge in [-0.2, -0.15) is 0 Å². The number of para-hydroxylation sites is 1. The van der Waals surface area contributed by atoms with E-state index in [1.165, 1.54) is 21.3 Å². The highest BCUT2D eigenvalue weighted by atomic mass is 16.6. The second-order valence-corrected chi connectivity index (χ2v) is 13.7. The third-order valence-corrected chi connectivity index (χ3v) is 7.88. The summed E-state index contributed by atoms with van der Waals surface area (Å²) in [5.41, 5.74) is 6.37. The number of amides is 2. The Kier molecular flexibility index (Phi) is 12.5. The van der Waals surface area contributed by atoms with Gasteiger partial charge in [-0.3, -0.25) is 14.4 Å². The first-order valence-corrected chi connectivity index (χ1v) is 16.6. The number of ketones is 1. The summed E-state index contributed by atoms with van der Waals surface area (Å²) < 4.78 is 19.2. The predicted molar refractivity (Wildman–Crippen MR) is 183 cm³/mol. The first kappa shape index (κ1) is 37.0. The molecule has 0 spiro atoms. The summed E-state index contributed by atoms with van der Waals surface area (Å²) in [4.78, 5) is 69.4. The summed E-state index contributed by atoms with van der Waals surface area (Å²) in [5, 5.41) is 2.62. The van der Waals surface area contributed by atoms with Crippen LogP contribution in [-0.2, 0) is 43.2 Å². The van der Waals surface area contributed by atoms with Gasteiger partial charge in [-0.15, -0.1) is 0 Å². The fraction of sp³-hybridized carbons (Fsp3) is 0.500. The molecule has 13 nitrogen and oxygen atoms in total. The number of primary amides is 1. The lowest BCUT2D eigenvalue weighted by atomic mass is 10.0. The second kappa shape index (κ2) is 16.6. The SMILES string of the molecule is CC(C)Cc1cccc2c1nc(Cn1cccc(CC(=O)[C@H](CC/C=C/C(N)=O)NC(=O)OCC3CCOC3)c1=O)n2C(=O)OC(C)(C)C. The van der Waals surface area contributed by atoms with E-state index >= 15 is 0 Å². The van der Waals surface area contributed by atoms with Crippen LogP contribution < -0.4 is 16.6 Å². The maximum atomic E-state index is 13.7. The van der Waals surface area contributed by atoms with Gasteiger partial charge in [0.2, 0.25) is 5.91 Å². The fourth-order valence-corrected chi connectivity index (χ4v) is 5.60. The van der Waals surface area contributed by atoms with Crippen molar-refractivity contribution in [3.8, 4) is 0 Å². The van der Waals surface area contributed by atoms with E-state index in [1.807, 2.05) is 12.1 Å². The number of carbonyl (C=O) groups excluding carboxylic acids is 4. The van der Waals surface area contributed by atoms with Crippen LogP contribution in [0.4, 0.5) is 9.59 Å². The first-order valence-electron chi connectivity index (χ1n) is 16.6. The minimum absolute atomic E-state index is 0.0628. The normalized spacial score (nSPS) is 15.5. The number of nitrogens with two attached hydrogens (primary N) is 1. The van der Waals surface area contributed by atoms with E-state index in [4.69, 9.17) is 24.9 Å². The topological polar surface area (TPSA) is 174 Å². The Bertz CT molecular complexity index is 1740. The van der Waals surface area contributed by atoms with Crippen molar-refractivity contribution in [2.75, 3.05) is 19.8 Å². The zero-order chi connectivity index (χ0) is 35.7. The van der Waals surface area contributed by atoms with Gasteiger partial charge in [0.15, 0.2) is 5.78 Å². The summed E-state index contributed by atoms with van der Waals surface area (Å²) in [7, 11) is 0. The molecule has 3 heterocycles. The number of carbonyl (C=O) groups is 4. The first-order chi connectivity index (χ1) is 23.2. The summed E-state index contributed by atoms with van der Waals surface area (Å²) in [5.74, 6) is -0.300. The molecular formula is C36H47N5O8. The molecule has 1 aliphatic rings. The molecule has 3 aromatic rings. The van der Waals surface area contributed by atoms with Crippen LogP contribution in [-0.4, -0.2) is 69.5 Å². The van der Waals surface area contributed by atoms with Crippen molar-refractivity contribution >= 4 is 34.9 Å². The molecule has 264 valence electrons. The van der Waals surface area contributed by atoms with Crippen LogP contribution in [0.15, 0.2) is 53.5 Å². The molecule has 3 N–H and O–H groups in total. The highest BCUT2D eigenvalue weighted by Crippen LogP contribution is 2.24. The molecule has 13 heteroatoms. The number of Topliss-reactive ketones (excluding diaryl/α,β-unsaturated/α-hetero) is 1. The number of nitrogens with one attached hydrogen (secondary N) is 1. The van der Waals surface area contributed by atoms with Crippen molar-refractivity contribution in [1.29, 1.82) is 0 Å². The molecule has 0 bridgehead atoms. The van der Waals surface area contributed by atoms with Crippen molar-refractivity contribution in [3.05, 3.63) is 76.0 Å². The second-order valence-electron chi connectivity index (χ2n) is 13.7. The number of ether oxygens (including phenoxy) is 3. The van der Waals surface area contributed by atoms with Gasteiger partial charge < -0.3 is 29.8 Å². The van der Waals surface area contributed by atoms with Gasteiger partial charge in [0.05, 0.1) is 36.8 Å². The number of aromatic nitrogens is 3. The standard InChI is InChI=1S/C36H47N5O8/c1-23(2)18-25-10-8-13-28-32(25)39-31(41(28)35(46)49-36(3,4)5)20-40-16-9-11-26(33(40)44)19-29(42)27(12-6-7-14-30(37)43)38-34(45)48-22-24-15-17-47-21-24/h7-11,13-14,16,23-24,27H,6,12,15,17-22H2,1-5H3,(H2,37,43)(H,38,45)/b14-7+/t24?,27-/m0/s1. The van der Waals surface area contributed by atoms with Gasteiger partial charge in [-0.1, -0.05) is 38.1 Å². The van der Waals surface area contributed by atoms with Crippen LogP contribution in [0.2, 0.25) is 0 Å². The van der Waals surface area contributed by atoms with Crippen LogP contribution in [0.5, 0.6) is 0 Å². The smallest absolute Gasteiger partial charge is 0.420 e. The summed E-state index contributed by atoms with van der Waals surface area (Å²) in [6, 6.07) is 7.85. The molecule has 0 aliphatic carbocycles. The maximum absolute atomic E-state index is 13.7. The third kappa shape index (κ3) is 10.6. The number of hydrogen-bond donors (Lipinski definition) is 2. The van der Waals surface area contributed by atoms with Crippen molar-refractivity contribution in [2.45, 2.75) is 84.9 Å². The number of imidazole rings is 1. The lowest BCUT2D eigenvalue weighted by molar-refractivity contribution is -0.120. The average molecular weight is 678 g/mol. The van der Waals surface area contributed by atoms with Crippen LogP contribution in [0, 0.1) is 11.8 Å². The van der Waals surface area contributed by atoms with Gasteiger partial charge in [0.1, 0.15) is 11.4 Å². The number of fused-ring (bicyclic) bond motifs is 1. The van der Waals surface area contributed by atoms with E-state index in [-0.39, 0.29) is 43.9 Å². The monoisotopic (exact) mass is 677 g/mol. The Labute approximate surface area is 285 Å². The molecule has 2 aromatic heterocycles. The van der Waals surface area contributed by atoms with Gasteiger partial charge in [-0.05, 0) is 76.1 Å². The van der Waals surface area contributed by atoms with Crippen LogP contribution in [0.25, 0.3) is 11.0 Å². The molecule has 0 radical (unpaired) electrons. The number of hydrogen-bond acceptors (Lipinski definition) is 9. The van der Waals surface area contributed by atoms with Gasteiger partial charge in [-0.25, -0.2) is 19.1 Å². The zero-order valence-electron chi connectivity index (χ0n) is 28.9. The summed E-state index contributed by atoms with van der Waals surface area (Å²) in [6.07, 6.45) is 4.58. The number of alkyl carbamates (subject to hydrolysis) is 1. The minimum atomic E-state index is -0.992. The Morgan fingerprint density at radius 1 is 1.14 bits per heavy atom. The Morgan fingerprint density at radius 3 is 2.57 bits per heavy atom. The number of pyridine rings is 1. The molecule has 2 atom stereocenters. The Balaban J connectivity index is 1.59. The van der Waals surface area contributed by atoms with E-state index in [0.29, 0.717) is 36.0 Å². The highest BCUT2D eigenvalue weighted by Gasteiger charge is 2.26. The highest BCUT2D eigenvalue weighted by molar-refractivity contribution is 5.90. The van der Waals surface area contributed by atoms with Crippen molar-refractivity contribution in [1.82, 2.24) is 19.4 Å². The fourth-order valence-electron chi connectivity index (χ4n) is 5.60. The molecule has 4 rings (SSSR count). The van der Waals surface area contributed by atoms with E-state index in [1.54, 1.807) is 45.2 Å². The minimum Gasteiger partial charge on any atom is -0.449 e. The number of nitrogens with zero attached hydrogens (tertiary/aromatic N) is 3. The molecular weight excluding hydrogens is 630 g/mol. The Morgan fingerprint density at radius 2 is 1.90 bits per heavy atom. The van der Waals surface area contributed by atoms with Crippen LogP contribution in [0.3, 0.4) is 0 Å². The molecule has 2 amide bonds. The number of rotatable bonds is 14. The number of allylic oxidation sites excluding steroid dienone is 1. The summed E-state index contributed by atoms with van der Waals surface area (Å²) >= 11 is 0. The van der Waals surface area contributed by atoms with Crippen molar-refractivity contribution in [2.24, 2.45) is 17.6 Å². The molecule has 1 aliphatic heterocycles.